The topological polar surface area (TPSA) is 9.72 Å². The lowest BCUT2D eigenvalue weighted by atomic mass is 10.1. The van der Waals surface area contributed by atoms with Gasteiger partial charge in [-0.15, -0.1) is 0 Å². The second kappa shape index (κ2) is 5.99. The van der Waals surface area contributed by atoms with Gasteiger partial charge in [0.05, 0.1) is 6.67 Å². The molecule has 1 rings (SSSR count). The molecule has 0 aromatic rings. The molecule has 0 aromatic heterocycles. The molecule has 0 aromatic carbocycles. The van der Waals surface area contributed by atoms with E-state index in [2.05, 4.69) is 49.6 Å². The van der Waals surface area contributed by atoms with Crippen LogP contribution in [0.25, 0.3) is 0 Å². The fourth-order valence-corrected chi connectivity index (χ4v) is 2.21. The smallest absolute Gasteiger partial charge is 0.0510 e. The Morgan fingerprint density at radius 3 is 2.38 bits per heavy atom. The van der Waals surface area contributed by atoms with Gasteiger partial charge >= 0.3 is 0 Å². The molecule has 0 bridgehead atoms. The van der Waals surface area contributed by atoms with Gasteiger partial charge in [-0.2, -0.15) is 0 Å². The third kappa shape index (κ3) is 4.81. The van der Waals surface area contributed by atoms with Crippen LogP contribution in [0.5, 0.6) is 0 Å². The molecule has 1 aliphatic heterocycles. The van der Waals surface area contributed by atoms with E-state index in [1.165, 1.54) is 39.0 Å². The summed E-state index contributed by atoms with van der Waals surface area (Å²) >= 11 is 0. The molecule has 16 heavy (non-hydrogen) atoms. The van der Waals surface area contributed by atoms with E-state index in [1.807, 2.05) is 0 Å². The van der Waals surface area contributed by atoms with Crippen molar-refractivity contribution in [1.82, 2.24) is 14.7 Å². The van der Waals surface area contributed by atoms with Crippen LogP contribution >= 0.6 is 0 Å². The van der Waals surface area contributed by atoms with E-state index < -0.39 is 0 Å². The fraction of sp³-hybridized carbons (Fsp3) is 1.00. The van der Waals surface area contributed by atoms with E-state index in [0.717, 1.165) is 6.67 Å². The van der Waals surface area contributed by atoms with Crippen LogP contribution < -0.4 is 0 Å². The minimum Gasteiger partial charge on any atom is -0.309 e. The van der Waals surface area contributed by atoms with Gasteiger partial charge < -0.3 is 4.90 Å². The van der Waals surface area contributed by atoms with Crippen molar-refractivity contribution in [1.29, 1.82) is 0 Å². The zero-order valence-corrected chi connectivity index (χ0v) is 11.8. The van der Waals surface area contributed by atoms with Gasteiger partial charge in [-0.3, -0.25) is 9.80 Å². The Kier molecular flexibility index (Phi) is 5.22. The minimum atomic E-state index is 0.320. The average Bonchev–Trinajstić information content (AvgIpc) is 2.16. The summed E-state index contributed by atoms with van der Waals surface area (Å²) in [6.07, 6.45) is 2.60. The summed E-state index contributed by atoms with van der Waals surface area (Å²) in [4.78, 5) is 7.45. The molecule has 0 saturated carbocycles. The minimum absolute atomic E-state index is 0.320. The first-order chi connectivity index (χ1) is 7.39. The monoisotopic (exact) mass is 227 g/mol. The van der Waals surface area contributed by atoms with Gasteiger partial charge in [0.25, 0.3) is 0 Å². The van der Waals surface area contributed by atoms with Gasteiger partial charge in [0.15, 0.2) is 0 Å². The van der Waals surface area contributed by atoms with Crippen LogP contribution in [0.3, 0.4) is 0 Å². The van der Waals surface area contributed by atoms with E-state index >= 15 is 0 Å². The number of hydrogen-bond donors (Lipinski definition) is 0. The number of nitrogens with zero attached hydrogens (tertiary/aromatic N) is 3. The molecule has 3 nitrogen and oxygen atoms in total. The van der Waals surface area contributed by atoms with E-state index in [0.29, 0.717) is 5.54 Å². The summed E-state index contributed by atoms with van der Waals surface area (Å²) in [5.74, 6) is 0. The largest absolute Gasteiger partial charge is 0.309 e. The van der Waals surface area contributed by atoms with Crippen molar-refractivity contribution in [2.75, 3.05) is 46.9 Å². The first-order valence-corrected chi connectivity index (χ1v) is 6.52. The lowest BCUT2D eigenvalue weighted by molar-refractivity contribution is 0.0200. The van der Waals surface area contributed by atoms with Crippen LogP contribution in [0.1, 0.15) is 33.6 Å². The van der Waals surface area contributed by atoms with E-state index in [9.17, 15) is 0 Å². The van der Waals surface area contributed by atoms with Gasteiger partial charge in [0.1, 0.15) is 0 Å². The normalized spacial score (nSPS) is 20.6. The maximum Gasteiger partial charge on any atom is 0.0510 e. The van der Waals surface area contributed by atoms with Crippen LogP contribution in [-0.2, 0) is 0 Å². The molecule has 0 aliphatic carbocycles. The summed E-state index contributed by atoms with van der Waals surface area (Å²) in [6, 6.07) is 0. The average molecular weight is 227 g/mol. The van der Waals surface area contributed by atoms with Crippen LogP contribution in [0.4, 0.5) is 0 Å². The molecule has 0 spiro atoms. The van der Waals surface area contributed by atoms with Crippen molar-refractivity contribution in [2.45, 2.75) is 39.2 Å². The van der Waals surface area contributed by atoms with Gasteiger partial charge in [-0.05, 0) is 54.3 Å². The molecule has 1 aliphatic rings. The van der Waals surface area contributed by atoms with Gasteiger partial charge in [-0.25, -0.2) is 0 Å². The molecule has 0 radical (unpaired) electrons. The van der Waals surface area contributed by atoms with Crippen molar-refractivity contribution in [3.63, 3.8) is 0 Å². The Balaban J connectivity index is 2.28. The molecule has 3 heteroatoms. The first kappa shape index (κ1) is 13.9. The Hall–Kier alpha value is -0.120. The molecule has 1 fully saturated rings. The quantitative estimate of drug-likeness (QED) is 0.724. The standard InChI is InChI=1S/C13H29N3/c1-13(2,3)16-11-7-10-15(12-16)9-6-8-14(4)5/h6-12H2,1-5H3. The summed E-state index contributed by atoms with van der Waals surface area (Å²) in [6.45, 7) is 13.1. The van der Waals surface area contributed by atoms with Crippen LogP contribution in [0, 0.1) is 0 Å². The fourth-order valence-electron chi connectivity index (χ4n) is 2.21. The summed E-state index contributed by atoms with van der Waals surface area (Å²) in [7, 11) is 4.30. The predicted molar refractivity (Wildman–Crippen MR) is 70.7 cm³/mol. The molecule has 0 N–H and O–H groups in total. The molecular formula is C13H29N3. The molecule has 1 saturated heterocycles. The van der Waals surface area contributed by atoms with Gasteiger partial charge in [0, 0.05) is 25.2 Å². The van der Waals surface area contributed by atoms with Crippen molar-refractivity contribution in [3.8, 4) is 0 Å². The summed E-state index contributed by atoms with van der Waals surface area (Å²) in [5.41, 5.74) is 0.320. The van der Waals surface area contributed by atoms with Crippen LogP contribution in [0.15, 0.2) is 0 Å². The Bertz CT molecular complexity index is 196. The van der Waals surface area contributed by atoms with Gasteiger partial charge in [-0.1, -0.05) is 0 Å². The number of rotatable bonds is 4. The first-order valence-electron chi connectivity index (χ1n) is 6.52. The lowest BCUT2D eigenvalue weighted by Gasteiger charge is -2.43. The predicted octanol–water partition coefficient (Wildman–Crippen LogP) is 1.70. The van der Waals surface area contributed by atoms with Crippen molar-refractivity contribution in [2.24, 2.45) is 0 Å². The highest BCUT2D eigenvalue weighted by atomic mass is 15.4. The maximum atomic E-state index is 2.60. The molecule has 1 heterocycles. The lowest BCUT2D eigenvalue weighted by Crippen LogP contribution is -2.52. The van der Waals surface area contributed by atoms with E-state index in [-0.39, 0.29) is 0 Å². The number of hydrogen-bond acceptors (Lipinski definition) is 3. The molecule has 0 atom stereocenters. The maximum absolute atomic E-state index is 2.60. The van der Waals surface area contributed by atoms with Crippen molar-refractivity contribution in [3.05, 3.63) is 0 Å². The SMILES string of the molecule is CN(C)CCCN1CCCN(C(C)(C)C)C1. The van der Waals surface area contributed by atoms with E-state index in [1.54, 1.807) is 0 Å². The molecule has 96 valence electrons. The highest BCUT2D eigenvalue weighted by Gasteiger charge is 2.25. The Morgan fingerprint density at radius 1 is 1.12 bits per heavy atom. The van der Waals surface area contributed by atoms with Crippen molar-refractivity contribution >= 4 is 0 Å². The van der Waals surface area contributed by atoms with Gasteiger partial charge in [0.2, 0.25) is 0 Å². The van der Waals surface area contributed by atoms with Crippen LogP contribution in [-0.4, -0.2) is 67.2 Å². The second-order valence-corrected chi connectivity index (χ2v) is 6.20. The van der Waals surface area contributed by atoms with Crippen LogP contribution in [0.2, 0.25) is 0 Å². The highest BCUT2D eigenvalue weighted by molar-refractivity contribution is 4.79. The molecule has 0 amide bonds. The third-order valence-corrected chi connectivity index (χ3v) is 3.30. The Morgan fingerprint density at radius 2 is 1.81 bits per heavy atom. The zero-order chi connectivity index (χ0) is 12.2. The highest BCUT2D eigenvalue weighted by Crippen LogP contribution is 2.18. The second-order valence-electron chi connectivity index (χ2n) is 6.20. The third-order valence-electron chi connectivity index (χ3n) is 3.30. The van der Waals surface area contributed by atoms with E-state index in [4.69, 9.17) is 0 Å². The zero-order valence-electron chi connectivity index (χ0n) is 11.8. The summed E-state index contributed by atoms with van der Waals surface area (Å²) in [5, 5.41) is 0. The Labute approximate surface area is 101 Å². The summed E-state index contributed by atoms with van der Waals surface area (Å²) < 4.78 is 0. The molecular weight excluding hydrogens is 198 g/mol. The van der Waals surface area contributed by atoms with Crippen molar-refractivity contribution < 1.29 is 0 Å². The molecule has 0 unspecified atom stereocenters.